The summed E-state index contributed by atoms with van der Waals surface area (Å²) in [6.45, 7) is 4.25. The van der Waals surface area contributed by atoms with Crippen LogP contribution in [0, 0.1) is 0 Å². The highest BCUT2D eigenvalue weighted by Crippen LogP contribution is 2.41. The van der Waals surface area contributed by atoms with Crippen molar-refractivity contribution in [3.05, 3.63) is 139 Å². The maximum Gasteiger partial charge on any atom is 0.213 e. The van der Waals surface area contributed by atoms with E-state index in [-0.39, 0.29) is 6.04 Å². The predicted octanol–water partition coefficient (Wildman–Crippen LogP) is 6.65. The molecule has 2 unspecified atom stereocenters. The number of fused-ring (bicyclic) bond motifs is 3. The Balaban J connectivity index is 1.36. The van der Waals surface area contributed by atoms with Crippen LogP contribution in [-0.4, -0.2) is 4.98 Å². The van der Waals surface area contributed by atoms with Gasteiger partial charge in [0.25, 0.3) is 0 Å². The van der Waals surface area contributed by atoms with Gasteiger partial charge in [0.2, 0.25) is 11.4 Å². The Morgan fingerprint density at radius 1 is 0.811 bits per heavy atom. The number of aromatic nitrogens is 3. The smallest absolute Gasteiger partial charge is 0.213 e. The topological polar surface area (TPSA) is 20.6 Å². The SMILES string of the molecule is C=CC1C(CCc2ccccc2-c2cc(-c3ccccn3)cc[n+]2C)c2ccccc2-c2cccc[n+]21. The van der Waals surface area contributed by atoms with Crippen molar-refractivity contribution in [2.45, 2.75) is 24.8 Å². The molecule has 0 saturated carbocycles. The zero-order chi connectivity index (χ0) is 25.2. The van der Waals surface area contributed by atoms with E-state index in [4.69, 9.17) is 0 Å². The zero-order valence-corrected chi connectivity index (χ0v) is 21.2. The van der Waals surface area contributed by atoms with Gasteiger partial charge in [-0.3, -0.25) is 4.98 Å². The van der Waals surface area contributed by atoms with Crippen LogP contribution in [-0.2, 0) is 13.5 Å². The highest BCUT2D eigenvalue weighted by Gasteiger charge is 2.37. The lowest BCUT2D eigenvalue weighted by Gasteiger charge is -2.29. The summed E-state index contributed by atoms with van der Waals surface area (Å²) in [5.74, 6) is 0.357. The van der Waals surface area contributed by atoms with Crippen molar-refractivity contribution in [2.24, 2.45) is 7.05 Å². The predicted molar refractivity (Wildman–Crippen MR) is 149 cm³/mol. The minimum atomic E-state index is 0.224. The second-order valence-corrected chi connectivity index (χ2v) is 9.74. The number of hydrogen-bond acceptors (Lipinski definition) is 1. The van der Waals surface area contributed by atoms with Crippen molar-refractivity contribution in [1.82, 2.24) is 4.98 Å². The van der Waals surface area contributed by atoms with Crippen LogP contribution in [0.15, 0.2) is 128 Å². The van der Waals surface area contributed by atoms with Gasteiger partial charge in [0.15, 0.2) is 18.4 Å². The average Bonchev–Trinajstić information content (AvgIpc) is 2.96. The van der Waals surface area contributed by atoms with Crippen molar-refractivity contribution in [2.75, 3.05) is 0 Å². The van der Waals surface area contributed by atoms with Crippen molar-refractivity contribution in [1.29, 1.82) is 0 Å². The Kier molecular flexibility index (Phi) is 6.20. The number of pyridine rings is 3. The lowest BCUT2D eigenvalue weighted by Crippen LogP contribution is -2.46. The number of nitrogens with zero attached hydrogens (tertiary/aromatic N) is 3. The maximum absolute atomic E-state index is 4.57. The Labute approximate surface area is 219 Å². The first-order valence-corrected chi connectivity index (χ1v) is 13.0. The summed E-state index contributed by atoms with van der Waals surface area (Å²) in [4.78, 5) is 4.57. The zero-order valence-electron chi connectivity index (χ0n) is 21.2. The summed E-state index contributed by atoms with van der Waals surface area (Å²) in [5.41, 5.74) is 9.96. The third kappa shape index (κ3) is 4.27. The fourth-order valence-electron chi connectivity index (χ4n) is 5.81. The van der Waals surface area contributed by atoms with E-state index in [1.54, 1.807) is 0 Å². The molecule has 6 rings (SSSR count). The van der Waals surface area contributed by atoms with Crippen LogP contribution in [0.25, 0.3) is 33.8 Å². The van der Waals surface area contributed by atoms with Crippen molar-refractivity contribution >= 4 is 0 Å². The molecule has 2 aromatic carbocycles. The molecule has 2 atom stereocenters. The van der Waals surface area contributed by atoms with Gasteiger partial charge in [0.1, 0.15) is 7.05 Å². The van der Waals surface area contributed by atoms with Crippen LogP contribution in [0.3, 0.4) is 0 Å². The Morgan fingerprint density at radius 3 is 2.43 bits per heavy atom. The molecule has 180 valence electrons. The molecular formula is C34H31N3+2. The van der Waals surface area contributed by atoms with Gasteiger partial charge in [-0.2, -0.15) is 4.57 Å². The monoisotopic (exact) mass is 481 g/mol. The van der Waals surface area contributed by atoms with E-state index in [9.17, 15) is 0 Å². The number of hydrogen-bond donors (Lipinski definition) is 0. The van der Waals surface area contributed by atoms with Gasteiger partial charge in [-0.15, -0.1) is 0 Å². The lowest BCUT2D eigenvalue weighted by atomic mass is 9.79. The first-order valence-electron chi connectivity index (χ1n) is 13.0. The van der Waals surface area contributed by atoms with E-state index < -0.39 is 0 Å². The molecule has 0 N–H and O–H groups in total. The van der Waals surface area contributed by atoms with Gasteiger partial charge in [-0.1, -0.05) is 49.0 Å². The summed E-state index contributed by atoms with van der Waals surface area (Å²) in [5, 5.41) is 0. The molecule has 37 heavy (non-hydrogen) atoms. The number of allylic oxidation sites excluding steroid dienone is 1. The fraction of sp³-hybridized carbons (Fsp3) is 0.147. The minimum absolute atomic E-state index is 0.224. The van der Waals surface area contributed by atoms with Gasteiger partial charge in [-0.25, -0.2) is 4.57 Å². The van der Waals surface area contributed by atoms with E-state index in [0.29, 0.717) is 5.92 Å². The van der Waals surface area contributed by atoms with E-state index in [1.807, 2.05) is 18.3 Å². The van der Waals surface area contributed by atoms with Crippen molar-refractivity contribution in [3.63, 3.8) is 0 Å². The Bertz CT molecular complexity index is 1570. The molecule has 0 saturated heterocycles. The molecule has 3 heteroatoms. The van der Waals surface area contributed by atoms with Crippen LogP contribution >= 0.6 is 0 Å². The minimum Gasteiger partial charge on any atom is -0.256 e. The lowest BCUT2D eigenvalue weighted by molar-refractivity contribution is -0.707. The highest BCUT2D eigenvalue weighted by atomic mass is 15.0. The molecule has 0 bridgehead atoms. The summed E-state index contributed by atoms with van der Waals surface area (Å²) in [7, 11) is 2.12. The molecule has 1 aliphatic heterocycles. The summed E-state index contributed by atoms with van der Waals surface area (Å²) >= 11 is 0. The van der Waals surface area contributed by atoms with Gasteiger partial charge >= 0.3 is 0 Å². The van der Waals surface area contributed by atoms with Crippen LogP contribution in [0.5, 0.6) is 0 Å². The third-order valence-corrected chi connectivity index (χ3v) is 7.63. The molecule has 0 aliphatic carbocycles. The summed E-state index contributed by atoms with van der Waals surface area (Å²) in [6.07, 6.45) is 10.3. The van der Waals surface area contributed by atoms with E-state index in [1.165, 1.54) is 33.6 Å². The first kappa shape index (κ1) is 23.1. The number of aryl methyl sites for hydroxylation is 2. The molecule has 0 radical (unpaired) electrons. The largest absolute Gasteiger partial charge is 0.256 e. The van der Waals surface area contributed by atoms with E-state index >= 15 is 0 Å². The molecule has 0 fully saturated rings. The van der Waals surface area contributed by atoms with Gasteiger partial charge in [-0.05, 0) is 60.4 Å². The van der Waals surface area contributed by atoms with Crippen LogP contribution < -0.4 is 9.13 Å². The van der Waals surface area contributed by atoms with Crippen molar-refractivity contribution in [3.8, 4) is 33.8 Å². The molecular weight excluding hydrogens is 450 g/mol. The molecule has 4 heterocycles. The number of rotatable bonds is 6. The maximum atomic E-state index is 4.57. The Hall–Kier alpha value is -4.37. The molecule has 3 nitrogen and oxygen atoms in total. The summed E-state index contributed by atoms with van der Waals surface area (Å²) < 4.78 is 4.60. The molecule has 3 aromatic heterocycles. The number of benzene rings is 2. The van der Waals surface area contributed by atoms with Crippen LogP contribution in [0.2, 0.25) is 0 Å². The molecule has 0 amide bonds. The van der Waals surface area contributed by atoms with E-state index in [2.05, 4.69) is 131 Å². The van der Waals surface area contributed by atoms with Gasteiger partial charge in [0.05, 0.1) is 11.6 Å². The van der Waals surface area contributed by atoms with E-state index in [0.717, 1.165) is 24.1 Å². The molecule has 1 aliphatic rings. The average molecular weight is 482 g/mol. The fourth-order valence-corrected chi connectivity index (χ4v) is 5.81. The highest BCUT2D eigenvalue weighted by molar-refractivity contribution is 5.68. The van der Waals surface area contributed by atoms with Crippen molar-refractivity contribution < 1.29 is 9.13 Å². The normalized spacial score (nSPS) is 16.0. The molecule has 0 spiro atoms. The standard InChI is InChI=1S/C34H31N3/c1-3-32-30(28-14-6-7-15-29(28)33-17-9-11-22-37(32)33)19-18-25-12-4-5-13-27(25)34-24-26(20-23-36(34)2)31-16-8-10-21-35-31/h3-17,20-24,30,32H,1,18-19H2,2H3/q+2. The first-order chi connectivity index (χ1) is 18.2. The summed E-state index contributed by atoms with van der Waals surface area (Å²) in [6, 6.07) is 34.8. The van der Waals surface area contributed by atoms with Crippen LogP contribution in [0.4, 0.5) is 0 Å². The van der Waals surface area contributed by atoms with Gasteiger partial charge < -0.3 is 0 Å². The second-order valence-electron chi connectivity index (χ2n) is 9.74. The van der Waals surface area contributed by atoms with Crippen LogP contribution in [0.1, 0.15) is 29.5 Å². The molecule has 5 aromatic rings. The Morgan fingerprint density at radius 2 is 1.59 bits per heavy atom. The van der Waals surface area contributed by atoms with Gasteiger partial charge in [0, 0.05) is 47.2 Å². The second kappa shape index (κ2) is 9.94. The quantitative estimate of drug-likeness (QED) is 0.196. The third-order valence-electron chi connectivity index (χ3n) is 7.63.